The predicted molar refractivity (Wildman–Crippen MR) is 97.3 cm³/mol. The van der Waals surface area contributed by atoms with Gasteiger partial charge in [-0.3, -0.25) is 0 Å². The molecule has 5 rings (SSSR count). The molecule has 1 aromatic rings. The van der Waals surface area contributed by atoms with Gasteiger partial charge in [-0.25, -0.2) is 0 Å². The maximum absolute atomic E-state index is 6.14. The first kappa shape index (κ1) is 15.0. The van der Waals surface area contributed by atoms with Gasteiger partial charge in [-0.1, -0.05) is 48.1 Å². The molecule has 0 aliphatic heterocycles. The molecule has 1 aromatic carbocycles. The molecule has 5 unspecified atom stereocenters. The Morgan fingerprint density at radius 3 is 2.17 bits per heavy atom. The van der Waals surface area contributed by atoms with Gasteiger partial charge in [0, 0.05) is 11.3 Å². The van der Waals surface area contributed by atoms with E-state index in [4.69, 9.17) is 25.7 Å². The molecule has 0 aromatic heterocycles. The lowest BCUT2D eigenvalue weighted by Crippen LogP contribution is -2.69. The van der Waals surface area contributed by atoms with E-state index in [1.165, 1.54) is 5.56 Å². The highest BCUT2D eigenvalue weighted by molar-refractivity contribution is 5.52. The van der Waals surface area contributed by atoms with E-state index in [1.54, 1.807) is 0 Å². The zero-order valence-corrected chi connectivity index (χ0v) is 13.8. The van der Waals surface area contributed by atoms with Crippen molar-refractivity contribution < 1.29 is 0 Å². The van der Waals surface area contributed by atoms with Crippen molar-refractivity contribution in [3.05, 3.63) is 35.9 Å². The van der Waals surface area contributed by atoms with Gasteiger partial charge in [0.05, 0.1) is 5.41 Å². The second kappa shape index (κ2) is 4.73. The van der Waals surface area contributed by atoms with Crippen molar-refractivity contribution in [2.24, 2.45) is 28.6 Å². The lowest BCUT2D eigenvalue weighted by molar-refractivity contribution is -0.135. The van der Waals surface area contributed by atoms with Gasteiger partial charge in [0.15, 0.2) is 0 Å². The highest BCUT2D eigenvalue weighted by Gasteiger charge is 2.74. The third kappa shape index (κ3) is 1.37. The Labute approximate surface area is 145 Å². The number of terminal acetylenes is 4. The lowest BCUT2D eigenvalue weighted by Gasteiger charge is -2.70. The molecule has 0 heteroatoms. The molecule has 0 heterocycles. The standard InChI is InChI=1S/C24H20/c1-5-21-19-14-18-15-22(21,6-2)24(7-3,8-4)23(16-18,17-19)20-12-10-9-11-13-20/h1-4,9-13,18-19,21H,14-17H2. The SMILES string of the molecule is C#CC1C2CC3CC(c4ccccc4)(C2)C(C#C)(C#C)C1(C#C)C3. The quantitative estimate of drug-likeness (QED) is 0.691. The Morgan fingerprint density at radius 2 is 1.58 bits per heavy atom. The molecule has 0 radical (unpaired) electrons. The average molecular weight is 308 g/mol. The fourth-order valence-electron chi connectivity index (χ4n) is 6.45. The van der Waals surface area contributed by atoms with Gasteiger partial charge < -0.3 is 0 Å². The summed E-state index contributed by atoms with van der Waals surface area (Å²) in [6, 6.07) is 10.5. The molecule has 0 spiro atoms. The maximum Gasteiger partial charge on any atom is 0.118 e. The van der Waals surface area contributed by atoms with Gasteiger partial charge in [0.2, 0.25) is 0 Å². The average Bonchev–Trinajstić information content (AvgIpc) is 2.63. The molecule has 4 bridgehead atoms. The van der Waals surface area contributed by atoms with Gasteiger partial charge in [0.25, 0.3) is 0 Å². The summed E-state index contributed by atoms with van der Waals surface area (Å²) >= 11 is 0. The Kier molecular flexibility index (Phi) is 2.96. The normalized spacial score (nSPS) is 40.8. The van der Waals surface area contributed by atoms with Crippen LogP contribution in [0, 0.1) is 78.0 Å². The monoisotopic (exact) mass is 308 g/mol. The van der Waals surface area contributed by atoms with Crippen molar-refractivity contribution in [1.82, 2.24) is 0 Å². The van der Waals surface area contributed by atoms with Gasteiger partial charge >= 0.3 is 0 Å². The third-order valence-electron chi connectivity index (χ3n) is 7.08. The Morgan fingerprint density at radius 1 is 0.875 bits per heavy atom. The van der Waals surface area contributed by atoms with Gasteiger partial charge in [0.1, 0.15) is 5.41 Å². The molecule has 4 aliphatic carbocycles. The van der Waals surface area contributed by atoms with E-state index >= 15 is 0 Å². The minimum Gasteiger partial charge on any atom is -0.120 e. The van der Waals surface area contributed by atoms with Gasteiger partial charge in [-0.15, -0.1) is 31.6 Å². The van der Waals surface area contributed by atoms with Crippen LogP contribution in [0.5, 0.6) is 0 Å². The largest absolute Gasteiger partial charge is 0.120 e. The minimum absolute atomic E-state index is 0.0250. The molecule has 116 valence electrons. The molecule has 0 N–H and O–H groups in total. The Bertz CT molecular complexity index is 833. The van der Waals surface area contributed by atoms with Crippen LogP contribution < -0.4 is 0 Å². The van der Waals surface area contributed by atoms with Crippen LogP contribution in [0.1, 0.15) is 31.2 Å². The molecule has 4 fully saturated rings. The second-order valence-electron chi connectivity index (χ2n) is 7.72. The van der Waals surface area contributed by atoms with Crippen LogP contribution in [0.4, 0.5) is 0 Å². The summed E-state index contributed by atoms with van der Waals surface area (Å²) in [6.07, 6.45) is 28.3. The lowest BCUT2D eigenvalue weighted by atomic mass is 9.30. The van der Waals surface area contributed by atoms with Gasteiger partial charge in [-0.05, 0) is 43.1 Å². The summed E-state index contributed by atoms with van der Waals surface area (Å²) in [5, 5.41) is 0. The summed E-state index contributed by atoms with van der Waals surface area (Å²) in [5.74, 6) is 13.1. The molecule has 0 saturated heterocycles. The van der Waals surface area contributed by atoms with E-state index in [0.717, 1.165) is 25.7 Å². The molecule has 4 aliphatic rings. The first-order chi connectivity index (χ1) is 11.6. The number of benzene rings is 1. The summed E-state index contributed by atoms with van der Waals surface area (Å²) in [4.78, 5) is 0. The first-order valence-electron chi connectivity index (χ1n) is 8.58. The van der Waals surface area contributed by atoms with Crippen LogP contribution in [-0.4, -0.2) is 0 Å². The summed E-state index contributed by atoms with van der Waals surface area (Å²) in [5.41, 5.74) is -0.444. The molecule has 0 amide bonds. The second-order valence-corrected chi connectivity index (χ2v) is 7.72. The smallest absolute Gasteiger partial charge is 0.118 e. The van der Waals surface area contributed by atoms with Crippen LogP contribution >= 0.6 is 0 Å². The van der Waals surface area contributed by atoms with Crippen molar-refractivity contribution in [3.63, 3.8) is 0 Å². The summed E-state index contributed by atoms with van der Waals surface area (Å²) < 4.78 is 0. The third-order valence-corrected chi connectivity index (χ3v) is 7.08. The predicted octanol–water partition coefficient (Wildman–Crippen LogP) is 3.88. The van der Waals surface area contributed by atoms with Crippen molar-refractivity contribution >= 4 is 0 Å². The van der Waals surface area contributed by atoms with Crippen LogP contribution in [-0.2, 0) is 5.41 Å². The van der Waals surface area contributed by atoms with Crippen molar-refractivity contribution in [1.29, 1.82) is 0 Å². The van der Waals surface area contributed by atoms with Crippen LogP contribution in [0.3, 0.4) is 0 Å². The summed E-state index contributed by atoms with van der Waals surface area (Å²) in [6.45, 7) is 0. The fraction of sp³-hybridized carbons (Fsp3) is 0.417. The zero-order valence-electron chi connectivity index (χ0n) is 13.8. The minimum atomic E-state index is -0.819. The van der Waals surface area contributed by atoms with E-state index in [9.17, 15) is 0 Å². The maximum atomic E-state index is 6.14. The molecular weight excluding hydrogens is 288 g/mol. The number of hydrogen-bond donors (Lipinski definition) is 0. The van der Waals surface area contributed by atoms with Crippen molar-refractivity contribution in [3.8, 4) is 49.4 Å². The van der Waals surface area contributed by atoms with Crippen molar-refractivity contribution in [2.75, 3.05) is 0 Å². The molecule has 0 nitrogen and oxygen atoms in total. The fourth-order valence-corrected chi connectivity index (χ4v) is 6.45. The number of rotatable bonds is 1. The number of hydrogen-bond acceptors (Lipinski definition) is 0. The molecule has 4 saturated carbocycles. The van der Waals surface area contributed by atoms with Crippen molar-refractivity contribution in [2.45, 2.75) is 31.1 Å². The first-order valence-corrected chi connectivity index (χ1v) is 8.58. The topological polar surface area (TPSA) is 0 Å². The Hall–Kier alpha value is -2.54. The van der Waals surface area contributed by atoms with E-state index in [2.05, 4.69) is 47.9 Å². The van der Waals surface area contributed by atoms with Crippen LogP contribution in [0.25, 0.3) is 0 Å². The molecule has 24 heavy (non-hydrogen) atoms. The zero-order chi connectivity index (χ0) is 17.0. The van der Waals surface area contributed by atoms with E-state index < -0.39 is 10.8 Å². The van der Waals surface area contributed by atoms with Crippen LogP contribution in [0.15, 0.2) is 30.3 Å². The van der Waals surface area contributed by atoms with E-state index in [-0.39, 0.29) is 11.3 Å². The highest BCUT2D eigenvalue weighted by Crippen LogP contribution is 2.75. The summed E-state index contributed by atoms with van der Waals surface area (Å²) in [7, 11) is 0. The van der Waals surface area contributed by atoms with E-state index in [0.29, 0.717) is 11.8 Å². The molecular formula is C24H20. The van der Waals surface area contributed by atoms with E-state index in [1.807, 2.05) is 6.07 Å². The van der Waals surface area contributed by atoms with Crippen LogP contribution in [0.2, 0.25) is 0 Å². The molecule has 5 atom stereocenters. The Balaban J connectivity index is 2.07. The highest BCUT2D eigenvalue weighted by atomic mass is 14.7. The van der Waals surface area contributed by atoms with Gasteiger partial charge in [-0.2, -0.15) is 0 Å².